The van der Waals surface area contributed by atoms with E-state index in [-0.39, 0.29) is 63.5 Å². The number of rotatable bonds is 1. The zero-order valence-electron chi connectivity index (χ0n) is 7.81. The van der Waals surface area contributed by atoms with Crippen molar-refractivity contribution in [1.29, 1.82) is 0 Å². The van der Waals surface area contributed by atoms with Gasteiger partial charge < -0.3 is 5.11 Å². The second-order valence-electron chi connectivity index (χ2n) is 3.82. The molecule has 0 radical (unpaired) electrons. The fraction of sp³-hybridized carbons (Fsp3) is 0.778. The standard InChI is InChI=1S/C9H14NO.K/c1-8-5-9(7-11)3-2-4-10(9)6-8;/h1-7H2;/q-1;+1. The van der Waals surface area contributed by atoms with Gasteiger partial charge in [0.1, 0.15) is 0 Å². The summed E-state index contributed by atoms with van der Waals surface area (Å²) >= 11 is 0. The van der Waals surface area contributed by atoms with Crippen molar-refractivity contribution in [3.8, 4) is 0 Å². The smallest absolute Gasteiger partial charge is 0.853 e. The average Bonchev–Trinajstić information content (AvgIpc) is 2.43. The van der Waals surface area contributed by atoms with E-state index in [0.717, 1.165) is 25.9 Å². The van der Waals surface area contributed by atoms with Crippen molar-refractivity contribution in [2.75, 3.05) is 19.7 Å². The van der Waals surface area contributed by atoms with Gasteiger partial charge in [-0.3, -0.25) is 4.90 Å². The van der Waals surface area contributed by atoms with Crippen LogP contribution in [0, 0.1) is 0 Å². The van der Waals surface area contributed by atoms with Gasteiger partial charge in [-0.05, 0) is 25.8 Å². The van der Waals surface area contributed by atoms with Crippen LogP contribution >= 0.6 is 0 Å². The van der Waals surface area contributed by atoms with E-state index >= 15 is 0 Å². The van der Waals surface area contributed by atoms with Gasteiger partial charge in [-0.1, -0.05) is 12.2 Å². The van der Waals surface area contributed by atoms with Crippen LogP contribution in [0.25, 0.3) is 0 Å². The first-order chi connectivity index (χ1) is 5.27. The predicted molar refractivity (Wildman–Crippen MR) is 42.2 cm³/mol. The molecule has 62 valence electrons. The quantitative estimate of drug-likeness (QED) is 0.329. The predicted octanol–water partition coefficient (Wildman–Crippen LogP) is -2.85. The van der Waals surface area contributed by atoms with Crippen molar-refractivity contribution < 1.29 is 56.5 Å². The third kappa shape index (κ3) is 1.73. The normalized spacial score (nSPS) is 34.9. The molecule has 0 amide bonds. The molecule has 0 N–H and O–H groups in total. The summed E-state index contributed by atoms with van der Waals surface area (Å²) in [6.45, 7) is 6.10. The maximum atomic E-state index is 11.0. The molecule has 0 aliphatic carbocycles. The zero-order chi connectivity index (χ0) is 7.90. The molecule has 3 heteroatoms. The molecule has 2 rings (SSSR count). The van der Waals surface area contributed by atoms with Crippen LogP contribution < -0.4 is 56.5 Å². The van der Waals surface area contributed by atoms with E-state index in [2.05, 4.69) is 11.5 Å². The fourth-order valence-electron chi connectivity index (χ4n) is 2.45. The summed E-state index contributed by atoms with van der Waals surface area (Å²) in [4.78, 5) is 2.32. The van der Waals surface area contributed by atoms with Gasteiger partial charge in [0.25, 0.3) is 0 Å². The van der Waals surface area contributed by atoms with E-state index in [9.17, 15) is 5.11 Å². The molecule has 2 aliphatic heterocycles. The van der Waals surface area contributed by atoms with Gasteiger partial charge in [0.15, 0.2) is 0 Å². The first-order valence-corrected chi connectivity index (χ1v) is 4.27. The van der Waals surface area contributed by atoms with Gasteiger partial charge in [0.05, 0.1) is 0 Å². The van der Waals surface area contributed by atoms with Crippen LogP contribution in [0.15, 0.2) is 12.2 Å². The topological polar surface area (TPSA) is 26.3 Å². The van der Waals surface area contributed by atoms with Crippen LogP contribution in [0.3, 0.4) is 0 Å². The Kier molecular flexibility index (Phi) is 3.99. The third-order valence-electron chi connectivity index (χ3n) is 3.00. The van der Waals surface area contributed by atoms with Crippen LogP contribution in [0.1, 0.15) is 19.3 Å². The number of nitrogens with zero attached hydrogens (tertiary/aromatic N) is 1. The van der Waals surface area contributed by atoms with Gasteiger partial charge in [0, 0.05) is 12.1 Å². The van der Waals surface area contributed by atoms with E-state index in [1.165, 1.54) is 12.0 Å². The van der Waals surface area contributed by atoms with Crippen LogP contribution in [-0.4, -0.2) is 30.1 Å². The van der Waals surface area contributed by atoms with Crippen molar-refractivity contribution in [3.05, 3.63) is 12.2 Å². The molecule has 0 saturated carbocycles. The minimum Gasteiger partial charge on any atom is -0.853 e. The Labute approximate surface area is 116 Å². The first-order valence-electron chi connectivity index (χ1n) is 4.27. The van der Waals surface area contributed by atoms with E-state index < -0.39 is 0 Å². The molecule has 2 heterocycles. The van der Waals surface area contributed by atoms with Crippen LogP contribution in [0.2, 0.25) is 0 Å². The third-order valence-corrected chi connectivity index (χ3v) is 3.00. The summed E-state index contributed by atoms with van der Waals surface area (Å²) < 4.78 is 0. The van der Waals surface area contributed by atoms with E-state index in [4.69, 9.17) is 0 Å². The molecule has 2 nitrogen and oxygen atoms in total. The summed E-state index contributed by atoms with van der Waals surface area (Å²) in [5.74, 6) is 0. The molecule has 2 saturated heterocycles. The van der Waals surface area contributed by atoms with Gasteiger partial charge >= 0.3 is 51.4 Å². The summed E-state index contributed by atoms with van der Waals surface area (Å²) in [5, 5.41) is 11.0. The van der Waals surface area contributed by atoms with Crippen LogP contribution in [0.4, 0.5) is 0 Å². The molecule has 0 spiro atoms. The van der Waals surface area contributed by atoms with Gasteiger partial charge in [-0.2, -0.15) is 0 Å². The molecule has 2 aliphatic rings. The Hall–Kier alpha value is 1.30. The van der Waals surface area contributed by atoms with Crippen molar-refractivity contribution in [2.24, 2.45) is 0 Å². The molecule has 1 unspecified atom stereocenters. The maximum absolute atomic E-state index is 11.0. The van der Waals surface area contributed by atoms with Crippen molar-refractivity contribution in [2.45, 2.75) is 24.8 Å². The van der Waals surface area contributed by atoms with Crippen molar-refractivity contribution in [1.82, 2.24) is 4.90 Å². The van der Waals surface area contributed by atoms with E-state index in [1.807, 2.05) is 0 Å². The monoisotopic (exact) mass is 191 g/mol. The molecule has 0 bridgehead atoms. The van der Waals surface area contributed by atoms with Gasteiger partial charge in [-0.15, -0.1) is 6.61 Å². The van der Waals surface area contributed by atoms with Crippen molar-refractivity contribution in [3.63, 3.8) is 0 Å². The number of hydrogen-bond donors (Lipinski definition) is 0. The number of hydrogen-bond acceptors (Lipinski definition) is 2. The second-order valence-corrected chi connectivity index (χ2v) is 3.82. The Morgan fingerprint density at radius 3 is 2.92 bits per heavy atom. The summed E-state index contributed by atoms with van der Waals surface area (Å²) in [7, 11) is 0. The van der Waals surface area contributed by atoms with E-state index in [0.29, 0.717) is 0 Å². The Bertz CT molecular complexity index is 195. The Morgan fingerprint density at radius 1 is 1.58 bits per heavy atom. The molecule has 12 heavy (non-hydrogen) atoms. The van der Waals surface area contributed by atoms with Gasteiger partial charge in [0.2, 0.25) is 0 Å². The van der Waals surface area contributed by atoms with E-state index in [1.54, 1.807) is 0 Å². The molecular weight excluding hydrogens is 177 g/mol. The Morgan fingerprint density at radius 2 is 2.33 bits per heavy atom. The molecule has 0 aromatic rings. The molecule has 0 aromatic heterocycles. The van der Waals surface area contributed by atoms with Crippen LogP contribution in [0.5, 0.6) is 0 Å². The maximum Gasteiger partial charge on any atom is 1.00 e. The molecule has 2 fully saturated rings. The largest absolute Gasteiger partial charge is 1.00 e. The zero-order valence-corrected chi connectivity index (χ0v) is 10.9. The SMILES string of the molecule is C=C1CN2CCCC2(C[O-])C1.[K+]. The second kappa shape index (κ2) is 4.21. The first kappa shape index (κ1) is 11.4. The molecule has 0 aromatic carbocycles. The summed E-state index contributed by atoms with van der Waals surface area (Å²) in [5.41, 5.74) is 1.25. The number of fused-ring (bicyclic) bond motifs is 1. The molecular formula is C9H14KNO. The summed E-state index contributed by atoms with van der Waals surface area (Å²) in [6, 6.07) is 0. The summed E-state index contributed by atoms with van der Waals surface area (Å²) in [6.07, 6.45) is 3.25. The minimum absolute atomic E-state index is 0. The fourth-order valence-corrected chi connectivity index (χ4v) is 2.45. The van der Waals surface area contributed by atoms with Crippen molar-refractivity contribution >= 4 is 0 Å². The Balaban J connectivity index is 0.000000720. The molecule has 1 atom stereocenters. The van der Waals surface area contributed by atoms with Crippen LogP contribution in [-0.2, 0) is 0 Å². The van der Waals surface area contributed by atoms with Gasteiger partial charge in [-0.25, -0.2) is 0 Å². The minimum atomic E-state index is -0.00289. The average molecular weight is 191 g/mol.